The van der Waals surface area contributed by atoms with E-state index in [1.54, 1.807) is 0 Å². The van der Waals surface area contributed by atoms with Crippen LogP contribution in [-0.2, 0) is 0 Å². The topological polar surface area (TPSA) is 41.5 Å². The first-order valence-corrected chi connectivity index (χ1v) is 7.79. The van der Waals surface area contributed by atoms with Gasteiger partial charge in [0.05, 0.1) is 0 Å². The van der Waals surface area contributed by atoms with Gasteiger partial charge in [-0.25, -0.2) is 0 Å². The average molecular weight is 356 g/mol. The Morgan fingerprint density at radius 1 is 1.17 bits per heavy atom. The Bertz CT molecular complexity index is 590. The van der Waals surface area contributed by atoms with Crippen molar-refractivity contribution < 1.29 is 9.84 Å². The van der Waals surface area contributed by atoms with Gasteiger partial charge < -0.3 is 15.2 Å². The molecule has 3 nitrogen and oxygen atoms in total. The highest BCUT2D eigenvalue weighted by atomic mass is 35.5. The third-order valence-corrected chi connectivity index (χ3v) is 3.71. The lowest BCUT2D eigenvalue weighted by atomic mass is 10.1. The highest BCUT2D eigenvalue weighted by Gasteiger charge is 2.09. The molecule has 0 aliphatic heterocycles. The van der Waals surface area contributed by atoms with Crippen molar-refractivity contribution in [3.05, 3.63) is 64.7 Å². The van der Waals surface area contributed by atoms with Crippen LogP contribution < -0.4 is 10.1 Å². The van der Waals surface area contributed by atoms with Crippen LogP contribution in [0, 0.1) is 6.92 Å². The molecule has 0 aromatic heterocycles. The molecule has 2 N–H and O–H groups in total. The first kappa shape index (κ1) is 19.8. The van der Waals surface area contributed by atoms with Crippen LogP contribution in [0.5, 0.6) is 5.75 Å². The van der Waals surface area contributed by atoms with Gasteiger partial charge in [0, 0.05) is 17.6 Å². The number of hydrogen-bond acceptors (Lipinski definition) is 3. The molecule has 0 saturated carbocycles. The summed E-state index contributed by atoms with van der Waals surface area (Å²) in [6.07, 6.45) is -0.560. The zero-order chi connectivity index (χ0) is 15.9. The summed E-state index contributed by atoms with van der Waals surface area (Å²) >= 11 is 5.88. The molecule has 0 radical (unpaired) electrons. The van der Waals surface area contributed by atoms with Crippen molar-refractivity contribution in [3.63, 3.8) is 0 Å². The Morgan fingerprint density at radius 3 is 2.52 bits per heavy atom. The molecular formula is C18H23Cl2NO2. The van der Waals surface area contributed by atoms with Crippen molar-refractivity contribution in [1.82, 2.24) is 5.32 Å². The summed E-state index contributed by atoms with van der Waals surface area (Å²) in [4.78, 5) is 0. The van der Waals surface area contributed by atoms with E-state index < -0.39 is 6.10 Å². The standard InChI is InChI=1S/C18H22ClNO2.ClH/c1-13-4-3-5-18(10-13)22-12-17(21)11-20-14(2)15-6-8-16(19)9-7-15;/h3-10,14,17,20-21H,11-12H2,1-2H3;1H. The summed E-state index contributed by atoms with van der Waals surface area (Å²) in [5, 5.41) is 14.0. The summed E-state index contributed by atoms with van der Waals surface area (Å²) in [7, 11) is 0. The predicted molar refractivity (Wildman–Crippen MR) is 97.8 cm³/mol. The molecular weight excluding hydrogens is 333 g/mol. The van der Waals surface area contributed by atoms with Gasteiger partial charge >= 0.3 is 0 Å². The van der Waals surface area contributed by atoms with Gasteiger partial charge in [-0.15, -0.1) is 12.4 Å². The Labute approximate surface area is 149 Å². The largest absolute Gasteiger partial charge is 0.491 e. The van der Waals surface area contributed by atoms with Gasteiger partial charge in [0.15, 0.2) is 0 Å². The minimum Gasteiger partial charge on any atom is -0.491 e. The number of benzene rings is 2. The summed E-state index contributed by atoms with van der Waals surface area (Å²) in [5.74, 6) is 0.782. The Kier molecular flexibility index (Phi) is 8.42. The first-order chi connectivity index (χ1) is 10.5. The van der Waals surface area contributed by atoms with E-state index in [2.05, 4.69) is 12.2 Å². The second kappa shape index (κ2) is 9.78. The minimum absolute atomic E-state index is 0. The van der Waals surface area contributed by atoms with Gasteiger partial charge in [0.1, 0.15) is 18.5 Å². The number of ether oxygens (including phenoxy) is 1. The van der Waals surface area contributed by atoms with Crippen molar-refractivity contribution in [2.45, 2.75) is 26.0 Å². The SMILES string of the molecule is Cc1cccc(OCC(O)CNC(C)c2ccc(Cl)cc2)c1.Cl. The van der Waals surface area contributed by atoms with Crippen LogP contribution in [0.25, 0.3) is 0 Å². The van der Waals surface area contributed by atoms with E-state index >= 15 is 0 Å². The number of aliphatic hydroxyl groups excluding tert-OH is 1. The van der Waals surface area contributed by atoms with Crippen LogP contribution in [0.3, 0.4) is 0 Å². The fourth-order valence-electron chi connectivity index (χ4n) is 2.14. The third-order valence-electron chi connectivity index (χ3n) is 3.46. The molecule has 5 heteroatoms. The molecule has 0 heterocycles. The lowest BCUT2D eigenvalue weighted by molar-refractivity contribution is 0.104. The van der Waals surface area contributed by atoms with Crippen LogP contribution in [-0.4, -0.2) is 24.4 Å². The molecule has 0 bridgehead atoms. The quantitative estimate of drug-likeness (QED) is 0.783. The Balaban J connectivity index is 0.00000264. The van der Waals surface area contributed by atoms with E-state index in [9.17, 15) is 5.11 Å². The van der Waals surface area contributed by atoms with E-state index in [-0.39, 0.29) is 25.1 Å². The van der Waals surface area contributed by atoms with Crippen LogP contribution in [0.2, 0.25) is 5.02 Å². The maximum absolute atomic E-state index is 10.0. The van der Waals surface area contributed by atoms with Gasteiger partial charge in [0.2, 0.25) is 0 Å². The number of aryl methyl sites for hydroxylation is 1. The highest BCUT2D eigenvalue weighted by molar-refractivity contribution is 6.30. The number of hydrogen-bond donors (Lipinski definition) is 2. The molecule has 2 aromatic carbocycles. The molecule has 0 aliphatic rings. The number of rotatable bonds is 7. The van der Waals surface area contributed by atoms with Gasteiger partial charge in [-0.05, 0) is 49.2 Å². The second-order valence-corrected chi connectivity index (χ2v) is 5.90. The van der Waals surface area contributed by atoms with Gasteiger partial charge in [0.25, 0.3) is 0 Å². The van der Waals surface area contributed by atoms with E-state index in [1.165, 1.54) is 0 Å². The lowest BCUT2D eigenvalue weighted by Crippen LogP contribution is -2.33. The summed E-state index contributed by atoms with van der Waals surface area (Å²) in [6, 6.07) is 15.6. The number of aliphatic hydroxyl groups is 1. The van der Waals surface area contributed by atoms with Crippen molar-refractivity contribution in [1.29, 1.82) is 0 Å². The van der Waals surface area contributed by atoms with E-state index in [4.69, 9.17) is 16.3 Å². The molecule has 2 unspecified atom stereocenters. The molecule has 126 valence electrons. The number of nitrogens with one attached hydrogen (secondary N) is 1. The molecule has 2 rings (SSSR count). The fourth-order valence-corrected chi connectivity index (χ4v) is 2.26. The fraction of sp³-hybridized carbons (Fsp3) is 0.333. The summed E-state index contributed by atoms with van der Waals surface area (Å²) in [6.45, 7) is 4.80. The first-order valence-electron chi connectivity index (χ1n) is 7.41. The van der Waals surface area contributed by atoms with E-state index in [1.807, 2.05) is 55.5 Å². The summed E-state index contributed by atoms with van der Waals surface area (Å²) < 4.78 is 5.59. The maximum atomic E-state index is 10.0. The molecule has 0 spiro atoms. The molecule has 0 aliphatic carbocycles. The third kappa shape index (κ3) is 6.80. The van der Waals surface area contributed by atoms with Crippen LogP contribution in [0.4, 0.5) is 0 Å². The molecule has 0 amide bonds. The van der Waals surface area contributed by atoms with Crippen LogP contribution in [0.15, 0.2) is 48.5 Å². The van der Waals surface area contributed by atoms with Gasteiger partial charge in [-0.2, -0.15) is 0 Å². The van der Waals surface area contributed by atoms with Crippen LogP contribution in [0.1, 0.15) is 24.1 Å². The molecule has 2 atom stereocenters. The normalized spacial score (nSPS) is 13.0. The molecule has 23 heavy (non-hydrogen) atoms. The van der Waals surface area contributed by atoms with Gasteiger partial charge in [-0.1, -0.05) is 35.9 Å². The second-order valence-electron chi connectivity index (χ2n) is 5.46. The van der Waals surface area contributed by atoms with Crippen LogP contribution >= 0.6 is 24.0 Å². The predicted octanol–water partition coefficient (Wildman–Crippen LogP) is 4.16. The highest BCUT2D eigenvalue weighted by Crippen LogP contribution is 2.16. The molecule has 0 saturated heterocycles. The van der Waals surface area contributed by atoms with Crippen molar-refractivity contribution in [2.75, 3.05) is 13.2 Å². The molecule has 0 fully saturated rings. The Morgan fingerprint density at radius 2 is 1.87 bits per heavy atom. The average Bonchev–Trinajstić information content (AvgIpc) is 2.51. The van der Waals surface area contributed by atoms with Gasteiger partial charge in [-0.3, -0.25) is 0 Å². The van der Waals surface area contributed by atoms with E-state index in [0.29, 0.717) is 6.54 Å². The lowest BCUT2D eigenvalue weighted by Gasteiger charge is -2.18. The Hall–Kier alpha value is -1.26. The summed E-state index contributed by atoms with van der Waals surface area (Å²) in [5.41, 5.74) is 2.28. The zero-order valence-electron chi connectivity index (χ0n) is 13.3. The smallest absolute Gasteiger partial charge is 0.119 e. The molecule has 2 aromatic rings. The van der Waals surface area contributed by atoms with Crippen molar-refractivity contribution in [2.24, 2.45) is 0 Å². The monoisotopic (exact) mass is 355 g/mol. The van der Waals surface area contributed by atoms with Crippen molar-refractivity contribution in [3.8, 4) is 5.75 Å². The zero-order valence-corrected chi connectivity index (χ0v) is 14.9. The van der Waals surface area contributed by atoms with Crippen molar-refractivity contribution >= 4 is 24.0 Å². The van der Waals surface area contributed by atoms with E-state index in [0.717, 1.165) is 21.9 Å². The number of halogens is 2. The minimum atomic E-state index is -0.560. The maximum Gasteiger partial charge on any atom is 0.119 e.